The van der Waals surface area contributed by atoms with Gasteiger partial charge in [-0.1, -0.05) is 66.7 Å². The second-order valence-corrected chi connectivity index (χ2v) is 6.89. The van der Waals surface area contributed by atoms with E-state index in [4.69, 9.17) is 4.74 Å². The van der Waals surface area contributed by atoms with Gasteiger partial charge in [0.2, 0.25) is 0 Å². The fourth-order valence-corrected chi connectivity index (χ4v) is 3.66. The number of fused-ring (bicyclic) bond motifs is 1. The number of carbonyl (C=O) groups is 1. The van der Waals surface area contributed by atoms with Crippen LogP contribution in [0.2, 0.25) is 0 Å². The highest BCUT2D eigenvalue weighted by molar-refractivity contribution is 5.97. The first kappa shape index (κ1) is 17.3. The van der Waals surface area contributed by atoms with E-state index in [1.165, 1.54) is 11.1 Å². The van der Waals surface area contributed by atoms with E-state index in [1.807, 2.05) is 60.7 Å². The zero-order valence-electron chi connectivity index (χ0n) is 15.2. The fraction of sp³-hybridized carbons (Fsp3) is 0.208. The van der Waals surface area contributed by atoms with Crippen LogP contribution in [0.15, 0.2) is 78.9 Å². The number of hydrogen-bond donors (Lipinski definition) is 1. The van der Waals surface area contributed by atoms with E-state index < -0.39 is 0 Å². The number of amides is 1. The maximum Gasteiger partial charge on any atom is 0.255 e. The Labute approximate surface area is 160 Å². The number of hydrogen-bond acceptors (Lipinski definition) is 2. The van der Waals surface area contributed by atoms with Crippen LogP contribution in [0.4, 0.5) is 0 Å². The van der Waals surface area contributed by atoms with Crippen molar-refractivity contribution in [3.8, 4) is 5.75 Å². The van der Waals surface area contributed by atoms with Gasteiger partial charge in [0.1, 0.15) is 12.4 Å². The normalized spacial score (nSPS) is 15.6. The number of para-hydroxylation sites is 1. The molecule has 0 fully saturated rings. The van der Waals surface area contributed by atoms with Gasteiger partial charge >= 0.3 is 0 Å². The van der Waals surface area contributed by atoms with E-state index in [0.717, 1.165) is 24.8 Å². The van der Waals surface area contributed by atoms with Gasteiger partial charge in [-0.15, -0.1) is 0 Å². The molecule has 1 N–H and O–H groups in total. The number of ether oxygens (including phenoxy) is 1. The number of carbonyl (C=O) groups excluding carboxylic acids is 1. The first-order valence-electron chi connectivity index (χ1n) is 9.46. The van der Waals surface area contributed by atoms with Crippen molar-refractivity contribution in [1.29, 1.82) is 0 Å². The van der Waals surface area contributed by atoms with E-state index in [1.54, 1.807) is 0 Å². The van der Waals surface area contributed by atoms with Gasteiger partial charge in [-0.2, -0.15) is 0 Å². The lowest BCUT2D eigenvalue weighted by molar-refractivity contribution is 0.0928. The zero-order valence-corrected chi connectivity index (χ0v) is 15.2. The van der Waals surface area contributed by atoms with Crippen molar-refractivity contribution in [2.75, 3.05) is 0 Å². The van der Waals surface area contributed by atoms with Crippen molar-refractivity contribution in [2.45, 2.75) is 31.9 Å². The second kappa shape index (κ2) is 8.09. The topological polar surface area (TPSA) is 38.3 Å². The molecule has 1 aliphatic rings. The smallest absolute Gasteiger partial charge is 0.255 e. The van der Waals surface area contributed by atoms with Crippen LogP contribution in [0.25, 0.3) is 0 Å². The van der Waals surface area contributed by atoms with Crippen molar-refractivity contribution in [3.63, 3.8) is 0 Å². The molecule has 0 bridgehead atoms. The summed E-state index contributed by atoms with van der Waals surface area (Å²) in [6.45, 7) is 0.442. The summed E-state index contributed by atoms with van der Waals surface area (Å²) in [5.41, 5.74) is 4.23. The maximum atomic E-state index is 13.0. The molecule has 0 saturated heterocycles. The molecule has 0 saturated carbocycles. The molecule has 1 amide bonds. The Morgan fingerprint density at radius 2 is 1.67 bits per heavy atom. The highest BCUT2D eigenvalue weighted by atomic mass is 16.5. The molecule has 0 radical (unpaired) electrons. The van der Waals surface area contributed by atoms with Crippen LogP contribution in [0, 0.1) is 0 Å². The highest BCUT2D eigenvalue weighted by Crippen LogP contribution is 2.30. The van der Waals surface area contributed by atoms with Crippen molar-refractivity contribution in [1.82, 2.24) is 5.32 Å². The van der Waals surface area contributed by atoms with Crippen LogP contribution in [0.1, 0.15) is 45.9 Å². The second-order valence-electron chi connectivity index (χ2n) is 6.89. The SMILES string of the molecule is O=C(N[C@@H]1CCCc2ccccc21)c1ccccc1OCc1ccccc1. The van der Waals surface area contributed by atoms with Crippen molar-refractivity contribution in [3.05, 3.63) is 101 Å². The number of aryl methyl sites for hydroxylation is 1. The molecule has 3 aromatic rings. The number of benzene rings is 3. The molecule has 1 aliphatic carbocycles. The summed E-state index contributed by atoms with van der Waals surface area (Å²) in [4.78, 5) is 13.0. The van der Waals surface area contributed by atoms with Crippen LogP contribution >= 0.6 is 0 Å². The summed E-state index contributed by atoms with van der Waals surface area (Å²) in [5.74, 6) is 0.531. The number of nitrogens with one attached hydrogen (secondary N) is 1. The monoisotopic (exact) mass is 357 g/mol. The Kier molecular flexibility index (Phi) is 5.20. The minimum absolute atomic E-state index is 0.0598. The van der Waals surface area contributed by atoms with Gasteiger partial charge in [0.25, 0.3) is 5.91 Å². The standard InChI is InChI=1S/C24H23NO2/c26-24(25-22-15-8-12-19-11-4-5-13-20(19)22)21-14-6-7-16-23(21)27-17-18-9-2-1-3-10-18/h1-7,9-11,13-14,16,22H,8,12,15,17H2,(H,25,26)/t22-/m1/s1. The third kappa shape index (κ3) is 4.03. The summed E-state index contributed by atoms with van der Waals surface area (Å²) in [7, 11) is 0. The molecule has 0 unspecified atom stereocenters. The lowest BCUT2D eigenvalue weighted by Crippen LogP contribution is -2.31. The highest BCUT2D eigenvalue weighted by Gasteiger charge is 2.23. The molecule has 0 heterocycles. The van der Waals surface area contributed by atoms with Crippen molar-refractivity contribution < 1.29 is 9.53 Å². The molecule has 3 nitrogen and oxygen atoms in total. The van der Waals surface area contributed by atoms with Crippen molar-refractivity contribution >= 4 is 5.91 Å². The van der Waals surface area contributed by atoms with E-state index in [-0.39, 0.29) is 11.9 Å². The summed E-state index contributed by atoms with van der Waals surface area (Å²) >= 11 is 0. The third-order valence-corrected chi connectivity index (χ3v) is 5.04. The van der Waals surface area contributed by atoms with Crippen LogP contribution in [0.3, 0.4) is 0 Å². The first-order valence-corrected chi connectivity index (χ1v) is 9.46. The summed E-state index contributed by atoms with van der Waals surface area (Å²) in [6.07, 6.45) is 3.14. The summed E-state index contributed by atoms with van der Waals surface area (Å²) < 4.78 is 5.94. The van der Waals surface area contributed by atoms with Crippen LogP contribution < -0.4 is 10.1 Å². The molecule has 0 aromatic heterocycles. The van der Waals surface area contributed by atoms with Gasteiger partial charge < -0.3 is 10.1 Å². The quantitative estimate of drug-likeness (QED) is 0.692. The van der Waals surface area contributed by atoms with Gasteiger partial charge in [-0.05, 0) is 48.1 Å². The molecule has 0 spiro atoms. The summed E-state index contributed by atoms with van der Waals surface area (Å²) in [5, 5.41) is 3.21. The van der Waals surface area contributed by atoms with Gasteiger partial charge in [0, 0.05) is 0 Å². The molecule has 136 valence electrons. The third-order valence-electron chi connectivity index (χ3n) is 5.04. The molecule has 3 aromatic carbocycles. The average molecular weight is 357 g/mol. The zero-order chi connectivity index (χ0) is 18.5. The molecule has 0 aliphatic heterocycles. The largest absolute Gasteiger partial charge is 0.488 e. The Balaban J connectivity index is 1.50. The minimum Gasteiger partial charge on any atom is -0.488 e. The van der Waals surface area contributed by atoms with E-state index >= 15 is 0 Å². The van der Waals surface area contributed by atoms with E-state index in [2.05, 4.69) is 23.5 Å². The Morgan fingerprint density at radius 1 is 0.926 bits per heavy atom. The van der Waals surface area contributed by atoms with E-state index in [9.17, 15) is 4.79 Å². The molecule has 3 heteroatoms. The van der Waals surface area contributed by atoms with Gasteiger partial charge in [-0.25, -0.2) is 0 Å². The number of rotatable bonds is 5. The van der Waals surface area contributed by atoms with E-state index in [0.29, 0.717) is 17.9 Å². The van der Waals surface area contributed by atoms with Gasteiger partial charge in [0.05, 0.1) is 11.6 Å². The lowest BCUT2D eigenvalue weighted by Gasteiger charge is -2.26. The fourth-order valence-electron chi connectivity index (χ4n) is 3.66. The molecule has 4 rings (SSSR count). The van der Waals surface area contributed by atoms with Crippen molar-refractivity contribution in [2.24, 2.45) is 0 Å². The molecule has 1 atom stereocenters. The van der Waals surface area contributed by atoms with Gasteiger partial charge in [-0.3, -0.25) is 4.79 Å². The molecule has 27 heavy (non-hydrogen) atoms. The first-order chi connectivity index (χ1) is 13.3. The molecular formula is C24H23NO2. The Bertz CT molecular complexity index is 920. The van der Waals surface area contributed by atoms with Gasteiger partial charge in [0.15, 0.2) is 0 Å². The minimum atomic E-state index is -0.0830. The summed E-state index contributed by atoms with van der Waals surface area (Å²) in [6, 6.07) is 25.9. The van der Waals surface area contributed by atoms with Crippen LogP contribution in [-0.2, 0) is 13.0 Å². The Morgan fingerprint density at radius 3 is 2.56 bits per heavy atom. The van der Waals surface area contributed by atoms with Crippen LogP contribution in [-0.4, -0.2) is 5.91 Å². The predicted octanol–water partition coefficient (Wildman–Crippen LogP) is 5.07. The average Bonchev–Trinajstić information content (AvgIpc) is 2.73. The Hall–Kier alpha value is -3.07. The predicted molar refractivity (Wildman–Crippen MR) is 107 cm³/mol. The lowest BCUT2D eigenvalue weighted by atomic mass is 9.87. The molecular weight excluding hydrogens is 334 g/mol. The maximum absolute atomic E-state index is 13.0. The van der Waals surface area contributed by atoms with Crippen LogP contribution in [0.5, 0.6) is 5.75 Å².